The first-order valence-corrected chi connectivity index (χ1v) is 7.67. The molecule has 0 N–H and O–H groups in total. The highest BCUT2D eigenvalue weighted by molar-refractivity contribution is 9.10. The van der Waals surface area contributed by atoms with Crippen molar-refractivity contribution in [3.8, 4) is 0 Å². The van der Waals surface area contributed by atoms with Gasteiger partial charge in [0.2, 0.25) is 0 Å². The highest BCUT2D eigenvalue weighted by atomic mass is 79.9. The molecule has 0 aromatic heterocycles. The molecule has 0 saturated heterocycles. The predicted molar refractivity (Wildman–Crippen MR) is 87.7 cm³/mol. The van der Waals surface area contributed by atoms with Crippen molar-refractivity contribution < 1.29 is 4.79 Å². The van der Waals surface area contributed by atoms with Crippen LogP contribution in [0.25, 0.3) is 6.08 Å². The summed E-state index contributed by atoms with van der Waals surface area (Å²) in [6.45, 7) is 0. The molecule has 2 aromatic carbocycles. The average molecular weight is 344 g/mol. The van der Waals surface area contributed by atoms with Crippen LogP contribution >= 0.6 is 27.7 Å². The number of nitrogens with zero attached hydrogens (tertiary/aromatic N) is 1. The molecular weight excluding hydrogens is 334 g/mol. The number of rotatable bonds is 2. The lowest BCUT2D eigenvalue weighted by Crippen LogP contribution is -1.89. The molecule has 3 rings (SSSR count). The number of carbonyl (C=O) groups excluding carboxylic acids is 1. The van der Waals surface area contributed by atoms with Crippen LogP contribution in [0.2, 0.25) is 0 Å². The van der Waals surface area contributed by atoms with Crippen molar-refractivity contribution in [2.45, 2.75) is 0 Å². The number of amides is 1. The lowest BCUT2D eigenvalue weighted by Gasteiger charge is -1.98. The maximum Gasteiger partial charge on any atom is 0.284 e. The van der Waals surface area contributed by atoms with Crippen molar-refractivity contribution in [1.29, 1.82) is 0 Å². The summed E-state index contributed by atoms with van der Waals surface area (Å²) in [7, 11) is 0. The maximum atomic E-state index is 11.9. The van der Waals surface area contributed by atoms with E-state index in [0.29, 0.717) is 4.91 Å². The van der Waals surface area contributed by atoms with E-state index in [1.54, 1.807) is 0 Å². The molecule has 1 aliphatic rings. The van der Waals surface area contributed by atoms with Crippen LogP contribution in [0.15, 0.2) is 69.0 Å². The van der Waals surface area contributed by atoms with Gasteiger partial charge in [0.1, 0.15) is 5.04 Å². The van der Waals surface area contributed by atoms with Gasteiger partial charge in [0.25, 0.3) is 5.91 Å². The molecule has 1 heterocycles. The Hall–Kier alpha value is -1.65. The van der Waals surface area contributed by atoms with Gasteiger partial charge in [-0.15, -0.1) is 0 Å². The van der Waals surface area contributed by atoms with Crippen LogP contribution in [0.4, 0.5) is 0 Å². The molecule has 0 spiro atoms. The Bertz CT molecular complexity index is 705. The third-order valence-corrected chi connectivity index (χ3v) is 4.37. The zero-order valence-corrected chi connectivity index (χ0v) is 12.8. The SMILES string of the molecule is O=C1N=C(c2ccccc2)S/C1=C\c1ccc(Br)cc1. The van der Waals surface area contributed by atoms with Crippen LogP contribution in [-0.4, -0.2) is 11.0 Å². The van der Waals surface area contributed by atoms with Crippen molar-refractivity contribution in [3.05, 3.63) is 75.1 Å². The summed E-state index contributed by atoms with van der Waals surface area (Å²) in [5, 5.41) is 0.763. The predicted octanol–water partition coefficient (Wildman–Crippen LogP) is 4.51. The zero-order chi connectivity index (χ0) is 13.9. The number of aliphatic imine (C=N–C) groups is 1. The first-order valence-electron chi connectivity index (χ1n) is 6.06. The zero-order valence-electron chi connectivity index (χ0n) is 10.4. The van der Waals surface area contributed by atoms with E-state index in [-0.39, 0.29) is 5.91 Å². The van der Waals surface area contributed by atoms with Gasteiger partial charge in [0, 0.05) is 10.0 Å². The second-order valence-corrected chi connectivity index (χ2v) is 6.20. The number of benzene rings is 2. The first kappa shape index (κ1) is 13.3. The highest BCUT2D eigenvalue weighted by Gasteiger charge is 2.22. The second-order valence-electron chi connectivity index (χ2n) is 4.25. The molecule has 0 atom stereocenters. The lowest BCUT2D eigenvalue weighted by molar-refractivity contribution is -0.113. The van der Waals surface area contributed by atoms with Crippen molar-refractivity contribution in [2.24, 2.45) is 4.99 Å². The second kappa shape index (κ2) is 5.77. The molecule has 0 saturated carbocycles. The van der Waals surface area contributed by atoms with Gasteiger partial charge in [-0.2, -0.15) is 0 Å². The molecule has 20 heavy (non-hydrogen) atoms. The van der Waals surface area contributed by atoms with Gasteiger partial charge in [-0.1, -0.05) is 70.2 Å². The Morgan fingerprint density at radius 2 is 1.70 bits per heavy atom. The summed E-state index contributed by atoms with van der Waals surface area (Å²) in [5.41, 5.74) is 1.97. The summed E-state index contributed by atoms with van der Waals surface area (Å²) in [5.74, 6) is -0.170. The van der Waals surface area contributed by atoms with Crippen molar-refractivity contribution in [2.75, 3.05) is 0 Å². The Kier molecular flexibility index (Phi) is 3.85. The van der Waals surface area contributed by atoms with E-state index in [1.165, 1.54) is 11.8 Å². The van der Waals surface area contributed by atoms with Crippen LogP contribution in [0.3, 0.4) is 0 Å². The molecule has 1 aliphatic heterocycles. The summed E-state index contributed by atoms with van der Waals surface area (Å²) in [6.07, 6.45) is 1.87. The fourth-order valence-corrected chi connectivity index (χ4v) is 3.01. The van der Waals surface area contributed by atoms with Gasteiger partial charge < -0.3 is 0 Å². The van der Waals surface area contributed by atoms with Crippen molar-refractivity contribution in [3.63, 3.8) is 0 Å². The quantitative estimate of drug-likeness (QED) is 0.750. The largest absolute Gasteiger partial charge is 0.284 e. The molecule has 0 unspecified atom stereocenters. The van der Waals surface area contributed by atoms with Gasteiger partial charge in [-0.3, -0.25) is 4.79 Å². The van der Waals surface area contributed by atoms with Crippen LogP contribution in [0.5, 0.6) is 0 Å². The summed E-state index contributed by atoms with van der Waals surface area (Å²) >= 11 is 4.82. The van der Waals surface area contributed by atoms with Gasteiger partial charge in [-0.25, -0.2) is 4.99 Å². The van der Waals surface area contributed by atoms with Crippen LogP contribution in [-0.2, 0) is 4.79 Å². The minimum absolute atomic E-state index is 0.170. The third-order valence-electron chi connectivity index (χ3n) is 2.81. The van der Waals surface area contributed by atoms with Crippen molar-refractivity contribution >= 4 is 44.7 Å². The topological polar surface area (TPSA) is 29.4 Å². The number of halogens is 1. The number of carbonyl (C=O) groups is 1. The Morgan fingerprint density at radius 3 is 2.40 bits per heavy atom. The smallest absolute Gasteiger partial charge is 0.266 e. The van der Waals surface area contributed by atoms with Crippen molar-refractivity contribution in [1.82, 2.24) is 0 Å². The van der Waals surface area contributed by atoms with E-state index in [0.717, 1.165) is 20.6 Å². The molecule has 0 radical (unpaired) electrons. The van der Waals surface area contributed by atoms with Gasteiger partial charge in [0.15, 0.2) is 0 Å². The fraction of sp³-hybridized carbons (Fsp3) is 0. The molecular formula is C16H10BrNOS. The number of thioether (sulfide) groups is 1. The monoisotopic (exact) mass is 343 g/mol. The molecule has 98 valence electrons. The summed E-state index contributed by atoms with van der Waals surface area (Å²) in [4.78, 5) is 16.7. The standard InChI is InChI=1S/C16H10BrNOS/c17-13-8-6-11(7-9-13)10-14-15(19)18-16(20-14)12-4-2-1-3-5-12/h1-10H/b14-10-. The normalized spacial score (nSPS) is 16.6. The van der Waals surface area contributed by atoms with Gasteiger partial charge >= 0.3 is 0 Å². The van der Waals surface area contributed by atoms with Crippen LogP contribution in [0.1, 0.15) is 11.1 Å². The fourth-order valence-electron chi connectivity index (χ4n) is 1.82. The molecule has 4 heteroatoms. The van der Waals surface area contributed by atoms with Crippen LogP contribution in [0, 0.1) is 0 Å². The molecule has 0 aliphatic carbocycles. The van der Waals surface area contributed by atoms with Crippen LogP contribution < -0.4 is 0 Å². The van der Waals surface area contributed by atoms with Gasteiger partial charge in [-0.05, 0) is 23.8 Å². The lowest BCUT2D eigenvalue weighted by atomic mass is 10.2. The Balaban J connectivity index is 1.85. The molecule has 0 fully saturated rings. The molecule has 2 aromatic rings. The minimum atomic E-state index is -0.170. The van der Waals surface area contributed by atoms with E-state index in [9.17, 15) is 4.79 Å². The van der Waals surface area contributed by atoms with E-state index < -0.39 is 0 Å². The Labute approximate surface area is 129 Å². The van der Waals surface area contributed by atoms with E-state index in [4.69, 9.17) is 0 Å². The van der Waals surface area contributed by atoms with E-state index >= 15 is 0 Å². The van der Waals surface area contributed by atoms with E-state index in [1.807, 2.05) is 60.7 Å². The summed E-state index contributed by atoms with van der Waals surface area (Å²) < 4.78 is 1.02. The number of hydrogen-bond donors (Lipinski definition) is 0. The molecule has 1 amide bonds. The highest BCUT2D eigenvalue weighted by Crippen LogP contribution is 2.31. The summed E-state index contributed by atoms with van der Waals surface area (Å²) in [6, 6.07) is 17.6. The average Bonchev–Trinajstić information content (AvgIpc) is 2.84. The third kappa shape index (κ3) is 2.92. The minimum Gasteiger partial charge on any atom is -0.266 e. The maximum absolute atomic E-state index is 11.9. The molecule has 2 nitrogen and oxygen atoms in total. The Morgan fingerprint density at radius 1 is 1.00 bits per heavy atom. The number of hydrogen-bond acceptors (Lipinski definition) is 2. The van der Waals surface area contributed by atoms with E-state index in [2.05, 4.69) is 20.9 Å². The van der Waals surface area contributed by atoms with Gasteiger partial charge in [0.05, 0.1) is 4.91 Å². The molecule has 0 bridgehead atoms. The first-order chi connectivity index (χ1) is 9.72.